The zero-order valence-corrected chi connectivity index (χ0v) is 24.6. The average molecular weight is 661 g/mol. The minimum atomic E-state index is -4.92. The van der Waals surface area contributed by atoms with Gasteiger partial charge in [0.25, 0.3) is 11.5 Å². The van der Waals surface area contributed by atoms with Gasteiger partial charge in [0.15, 0.2) is 0 Å². The first-order valence-electron chi connectivity index (χ1n) is 14.4. The topological polar surface area (TPSA) is 123 Å². The molecule has 2 saturated carbocycles. The quantitative estimate of drug-likeness (QED) is 0.170. The van der Waals surface area contributed by atoms with Crippen molar-refractivity contribution in [3.8, 4) is 28.3 Å². The SMILES string of the molecule is O=C(NS(=O)(=O)C1CC1)c1c(-c2ccn(CC3CC3)n2)cc(-c2ccc(OCCCCCC(F)(F)F)cc2C(F)(F)F)[nH]c1=O. The Morgan fingerprint density at radius 2 is 1.73 bits per heavy atom. The van der Waals surface area contributed by atoms with Gasteiger partial charge in [0.05, 0.1) is 23.1 Å². The summed E-state index contributed by atoms with van der Waals surface area (Å²) in [5.74, 6) is -0.991. The van der Waals surface area contributed by atoms with Gasteiger partial charge in [0, 0.05) is 36.0 Å². The van der Waals surface area contributed by atoms with Crippen molar-refractivity contribution < 1.29 is 44.3 Å². The molecule has 0 bridgehead atoms. The molecular weight excluding hydrogens is 630 g/mol. The molecular formula is C29H30F6N4O5S. The second-order valence-electron chi connectivity index (χ2n) is 11.3. The van der Waals surface area contributed by atoms with E-state index in [4.69, 9.17) is 4.74 Å². The number of hydrogen-bond acceptors (Lipinski definition) is 6. The van der Waals surface area contributed by atoms with Crippen LogP contribution in [0.3, 0.4) is 0 Å². The van der Waals surface area contributed by atoms with Crippen LogP contribution < -0.4 is 15.0 Å². The number of ether oxygens (including phenoxy) is 1. The number of hydrogen-bond donors (Lipinski definition) is 2. The minimum Gasteiger partial charge on any atom is -0.494 e. The van der Waals surface area contributed by atoms with E-state index >= 15 is 0 Å². The first kappa shape index (κ1) is 32.6. The zero-order chi connectivity index (χ0) is 32.6. The van der Waals surface area contributed by atoms with Crippen molar-refractivity contribution in [2.75, 3.05) is 6.61 Å². The molecule has 2 fully saturated rings. The van der Waals surface area contributed by atoms with E-state index < -0.39 is 62.2 Å². The smallest absolute Gasteiger partial charge is 0.417 e. The lowest BCUT2D eigenvalue weighted by Crippen LogP contribution is -2.37. The van der Waals surface area contributed by atoms with Crippen molar-refractivity contribution in [3.05, 3.63) is 58.0 Å². The Hall–Kier alpha value is -3.82. The van der Waals surface area contributed by atoms with Crippen LogP contribution in [0.15, 0.2) is 41.3 Å². The minimum absolute atomic E-state index is 0.0935. The number of unbranched alkanes of at least 4 members (excludes halogenated alkanes) is 2. The highest BCUT2D eigenvalue weighted by atomic mass is 32.2. The molecule has 45 heavy (non-hydrogen) atoms. The summed E-state index contributed by atoms with van der Waals surface area (Å²) < 4.78 is 113. The summed E-state index contributed by atoms with van der Waals surface area (Å²) in [6, 6.07) is 5.65. The lowest BCUT2D eigenvalue weighted by molar-refractivity contribution is -0.137. The fourth-order valence-corrected chi connectivity index (χ4v) is 6.11. The number of pyridine rings is 1. The maximum absolute atomic E-state index is 14.2. The number of rotatable bonds is 13. The van der Waals surface area contributed by atoms with Crippen molar-refractivity contribution in [1.29, 1.82) is 0 Å². The molecule has 0 atom stereocenters. The van der Waals surface area contributed by atoms with E-state index in [9.17, 15) is 44.3 Å². The Labute approximate surface area is 254 Å². The van der Waals surface area contributed by atoms with E-state index in [1.165, 1.54) is 12.1 Å². The Morgan fingerprint density at radius 1 is 1.00 bits per heavy atom. The molecule has 0 aliphatic heterocycles. The first-order chi connectivity index (χ1) is 21.1. The third-order valence-electron chi connectivity index (χ3n) is 7.48. The molecule has 1 aromatic carbocycles. The van der Waals surface area contributed by atoms with Crippen LogP contribution in [0.1, 0.15) is 67.3 Å². The molecule has 2 aliphatic carbocycles. The van der Waals surface area contributed by atoms with Crippen molar-refractivity contribution in [3.63, 3.8) is 0 Å². The van der Waals surface area contributed by atoms with Crippen LogP contribution in [0.2, 0.25) is 0 Å². The van der Waals surface area contributed by atoms with Gasteiger partial charge < -0.3 is 9.72 Å². The van der Waals surface area contributed by atoms with Crippen LogP contribution in [-0.2, 0) is 22.7 Å². The van der Waals surface area contributed by atoms with E-state index in [0.29, 0.717) is 25.3 Å². The summed E-state index contributed by atoms with van der Waals surface area (Å²) in [4.78, 5) is 28.7. The van der Waals surface area contributed by atoms with E-state index in [1.54, 1.807) is 10.9 Å². The fraction of sp³-hybridized carbons (Fsp3) is 0.483. The number of carbonyl (C=O) groups excluding carboxylic acids is 1. The highest BCUT2D eigenvalue weighted by molar-refractivity contribution is 7.91. The predicted octanol–water partition coefficient (Wildman–Crippen LogP) is 6.06. The number of aromatic nitrogens is 3. The molecule has 9 nitrogen and oxygen atoms in total. The summed E-state index contributed by atoms with van der Waals surface area (Å²) in [5, 5.41) is 3.64. The molecule has 2 heterocycles. The summed E-state index contributed by atoms with van der Waals surface area (Å²) in [5.41, 5.74) is -3.72. The molecule has 0 spiro atoms. The Balaban J connectivity index is 1.47. The third-order valence-corrected chi connectivity index (χ3v) is 9.30. The second kappa shape index (κ2) is 12.5. The van der Waals surface area contributed by atoms with Gasteiger partial charge in [0.2, 0.25) is 10.0 Å². The lowest BCUT2D eigenvalue weighted by Gasteiger charge is -2.17. The van der Waals surface area contributed by atoms with Crippen molar-refractivity contribution in [2.24, 2.45) is 5.92 Å². The molecule has 2 aliphatic rings. The number of nitrogens with one attached hydrogen (secondary N) is 2. The number of alkyl halides is 6. The Morgan fingerprint density at radius 3 is 2.38 bits per heavy atom. The van der Waals surface area contributed by atoms with Crippen LogP contribution in [0.4, 0.5) is 26.3 Å². The van der Waals surface area contributed by atoms with Gasteiger partial charge in [-0.3, -0.25) is 14.3 Å². The standard InChI is InChI=1S/C29H30F6N4O5S/c30-28(31,32)11-2-1-3-13-44-18-6-9-20(22(14-18)29(33,34)35)24-15-21(23-10-12-39(37-23)16-17-4-5-17)25(26(40)36-24)27(41)38-45(42,43)19-7-8-19/h6,9-10,12,14-15,17,19H,1-5,7-8,11,13,16H2,(H,36,40)(H,38,41). The van der Waals surface area contributed by atoms with Crippen molar-refractivity contribution in [2.45, 2.75) is 75.5 Å². The molecule has 16 heteroatoms. The van der Waals surface area contributed by atoms with Crippen LogP contribution in [-0.4, -0.2) is 47.1 Å². The predicted molar refractivity (Wildman–Crippen MR) is 151 cm³/mol. The molecule has 2 N–H and O–H groups in total. The van der Waals surface area contributed by atoms with E-state index in [-0.39, 0.29) is 48.6 Å². The van der Waals surface area contributed by atoms with Crippen LogP contribution >= 0.6 is 0 Å². The molecule has 3 aromatic rings. The van der Waals surface area contributed by atoms with Crippen LogP contribution in [0.25, 0.3) is 22.5 Å². The third kappa shape index (κ3) is 8.47. The summed E-state index contributed by atoms with van der Waals surface area (Å²) >= 11 is 0. The maximum Gasteiger partial charge on any atom is 0.417 e. The molecule has 5 rings (SSSR count). The number of amides is 1. The Kier molecular flexibility index (Phi) is 9.06. The monoisotopic (exact) mass is 660 g/mol. The van der Waals surface area contributed by atoms with Crippen molar-refractivity contribution >= 4 is 15.9 Å². The number of aromatic amines is 1. The summed E-state index contributed by atoms with van der Waals surface area (Å²) in [6.45, 7) is 0.461. The van der Waals surface area contributed by atoms with Gasteiger partial charge in [-0.25, -0.2) is 13.1 Å². The summed E-state index contributed by atoms with van der Waals surface area (Å²) in [7, 11) is -4.06. The van der Waals surface area contributed by atoms with Gasteiger partial charge in [-0.1, -0.05) is 0 Å². The molecule has 1 amide bonds. The van der Waals surface area contributed by atoms with Gasteiger partial charge in [-0.2, -0.15) is 31.4 Å². The number of benzene rings is 1. The van der Waals surface area contributed by atoms with Crippen LogP contribution in [0.5, 0.6) is 5.75 Å². The molecule has 0 radical (unpaired) electrons. The number of halogens is 6. The van der Waals surface area contributed by atoms with E-state index in [1.807, 2.05) is 4.72 Å². The maximum atomic E-state index is 14.2. The first-order valence-corrected chi connectivity index (χ1v) is 15.9. The van der Waals surface area contributed by atoms with Crippen LogP contribution in [0, 0.1) is 5.92 Å². The van der Waals surface area contributed by atoms with E-state index in [2.05, 4.69) is 10.1 Å². The van der Waals surface area contributed by atoms with Gasteiger partial charge in [-0.05, 0) is 81.2 Å². The second-order valence-corrected chi connectivity index (χ2v) is 13.3. The van der Waals surface area contributed by atoms with Gasteiger partial charge >= 0.3 is 12.4 Å². The molecule has 0 unspecified atom stereocenters. The lowest BCUT2D eigenvalue weighted by atomic mass is 9.98. The Bertz CT molecular complexity index is 1720. The number of sulfonamides is 1. The number of nitrogens with zero attached hydrogens (tertiary/aromatic N) is 2. The highest BCUT2D eigenvalue weighted by Gasteiger charge is 2.38. The number of carbonyl (C=O) groups is 1. The average Bonchev–Trinajstić information content (AvgIpc) is 3.87. The van der Waals surface area contributed by atoms with Gasteiger partial charge in [-0.15, -0.1) is 0 Å². The molecule has 244 valence electrons. The number of H-pyrrole nitrogens is 1. The zero-order valence-electron chi connectivity index (χ0n) is 23.8. The largest absolute Gasteiger partial charge is 0.494 e. The normalized spacial score (nSPS) is 15.7. The highest BCUT2D eigenvalue weighted by Crippen LogP contribution is 2.40. The van der Waals surface area contributed by atoms with E-state index in [0.717, 1.165) is 31.0 Å². The van der Waals surface area contributed by atoms with Crippen molar-refractivity contribution in [1.82, 2.24) is 19.5 Å². The molecule has 2 aromatic heterocycles. The summed E-state index contributed by atoms with van der Waals surface area (Å²) in [6.07, 6.45) is -5.59. The molecule has 0 saturated heterocycles. The van der Waals surface area contributed by atoms with Gasteiger partial charge in [0.1, 0.15) is 11.3 Å². The fourth-order valence-electron chi connectivity index (χ4n) is 4.82.